The van der Waals surface area contributed by atoms with Crippen LogP contribution < -0.4 is 0 Å². The maximum atomic E-state index is 11.3. The summed E-state index contributed by atoms with van der Waals surface area (Å²) in [4.78, 5) is 15.6. The fourth-order valence-electron chi connectivity index (χ4n) is 2.33. The molecule has 4 nitrogen and oxygen atoms in total. The standard InChI is InChI=1S/C14H12N2O2/c1-8-3-5-11-10(7-8)4-6-12-15-9(2)13(14(17)18)16(11)12/h3-7H,1-2H3,(H,17,18). The van der Waals surface area contributed by atoms with Gasteiger partial charge in [-0.15, -0.1) is 0 Å². The molecule has 0 aliphatic rings. The number of carboxylic acids is 1. The molecule has 0 unspecified atom stereocenters. The molecule has 0 amide bonds. The van der Waals surface area contributed by atoms with Gasteiger partial charge in [0.2, 0.25) is 0 Å². The van der Waals surface area contributed by atoms with E-state index in [1.807, 2.05) is 37.3 Å². The SMILES string of the molecule is Cc1ccc2c(ccc3nc(C)c(C(=O)O)n32)c1. The zero-order chi connectivity index (χ0) is 12.9. The highest BCUT2D eigenvalue weighted by atomic mass is 16.4. The second kappa shape index (κ2) is 3.57. The summed E-state index contributed by atoms with van der Waals surface area (Å²) < 4.78 is 1.70. The predicted molar refractivity (Wildman–Crippen MR) is 69.1 cm³/mol. The van der Waals surface area contributed by atoms with Crippen molar-refractivity contribution in [1.82, 2.24) is 9.38 Å². The van der Waals surface area contributed by atoms with Gasteiger partial charge in [0.1, 0.15) is 5.65 Å². The first kappa shape index (κ1) is 10.8. The summed E-state index contributed by atoms with van der Waals surface area (Å²) in [7, 11) is 0. The lowest BCUT2D eigenvalue weighted by Crippen LogP contribution is -2.04. The molecule has 0 bridgehead atoms. The lowest BCUT2D eigenvalue weighted by Gasteiger charge is -2.05. The van der Waals surface area contributed by atoms with Gasteiger partial charge in [0.25, 0.3) is 0 Å². The Hall–Kier alpha value is -2.36. The van der Waals surface area contributed by atoms with Crippen molar-refractivity contribution in [2.45, 2.75) is 13.8 Å². The van der Waals surface area contributed by atoms with Crippen molar-refractivity contribution in [3.05, 3.63) is 47.3 Å². The maximum Gasteiger partial charge on any atom is 0.354 e. The van der Waals surface area contributed by atoms with Crippen molar-refractivity contribution < 1.29 is 9.90 Å². The van der Waals surface area contributed by atoms with E-state index in [9.17, 15) is 9.90 Å². The quantitative estimate of drug-likeness (QED) is 0.711. The molecule has 0 spiro atoms. The molecule has 0 saturated carbocycles. The van der Waals surface area contributed by atoms with E-state index in [1.54, 1.807) is 11.3 Å². The number of carbonyl (C=O) groups is 1. The smallest absolute Gasteiger partial charge is 0.354 e. The summed E-state index contributed by atoms with van der Waals surface area (Å²) in [6, 6.07) is 9.76. The Balaban J connectivity index is 2.56. The summed E-state index contributed by atoms with van der Waals surface area (Å²) in [5, 5.41) is 10.3. The van der Waals surface area contributed by atoms with E-state index in [0.29, 0.717) is 11.3 Å². The molecular formula is C14H12N2O2. The number of fused-ring (bicyclic) bond motifs is 3. The topological polar surface area (TPSA) is 54.6 Å². The third-order valence-corrected chi connectivity index (χ3v) is 3.12. The van der Waals surface area contributed by atoms with E-state index in [2.05, 4.69) is 4.98 Å². The van der Waals surface area contributed by atoms with Crippen LogP contribution in [0.15, 0.2) is 30.3 Å². The summed E-state index contributed by atoms with van der Waals surface area (Å²) in [5.74, 6) is -0.951. The van der Waals surface area contributed by atoms with E-state index in [4.69, 9.17) is 0 Å². The van der Waals surface area contributed by atoms with Crippen LogP contribution >= 0.6 is 0 Å². The lowest BCUT2D eigenvalue weighted by atomic mass is 10.1. The van der Waals surface area contributed by atoms with Gasteiger partial charge in [-0.3, -0.25) is 4.40 Å². The molecule has 0 saturated heterocycles. The average molecular weight is 240 g/mol. The highest BCUT2D eigenvalue weighted by molar-refractivity contribution is 5.92. The first-order valence-electron chi connectivity index (χ1n) is 5.69. The van der Waals surface area contributed by atoms with Crippen molar-refractivity contribution in [3.63, 3.8) is 0 Å². The predicted octanol–water partition coefficient (Wildman–Crippen LogP) is 2.80. The number of aromatic carboxylic acids is 1. The molecule has 0 radical (unpaired) electrons. The Morgan fingerprint density at radius 1 is 1.22 bits per heavy atom. The number of aryl methyl sites for hydroxylation is 2. The summed E-state index contributed by atoms with van der Waals surface area (Å²) in [5.41, 5.74) is 3.46. The molecule has 3 aromatic rings. The molecule has 0 fully saturated rings. The van der Waals surface area contributed by atoms with Crippen molar-refractivity contribution in [2.75, 3.05) is 0 Å². The van der Waals surface area contributed by atoms with Crippen molar-refractivity contribution >= 4 is 22.5 Å². The van der Waals surface area contributed by atoms with Crippen LogP contribution in [0.2, 0.25) is 0 Å². The monoisotopic (exact) mass is 240 g/mol. The number of aromatic nitrogens is 2. The lowest BCUT2D eigenvalue weighted by molar-refractivity contribution is 0.0689. The van der Waals surface area contributed by atoms with Gasteiger partial charge in [-0.1, -0.05) is 11.6 Å². The Morgan fingerprint density at radius 3 is 2.72 bits per heavy atom. The van der Waals surface area contributed by atoms with Gasteiger partial charge in [0.05, 0.1) is 11.2 Å². The second-order valence-corrected chi connectivity index (χ2v) is 4.44. The van der Waals surface area contributed by atoms with Crippen LogP contribution in [-0.2, 0) is 0 Å². The number of imidazole rings is 1. The fraction of sp³-hybridized carbons (Fsp3) is 0.143. The second-order valence-electron chi connectivity index (χ2n) is 4.44. The van der Waals surface area contributed by atoms with Gasteiger partial charge in [-0.25, -0.2) is 9.78 Å². The third kappa shape index (κ3) is 1.39. The number of benzene rings is 1. The Morgan fingerprint density at radius 2 is 2.00 bits per heavy atom. The van der Waals surface area contributed by atoms with Gasteiger partial charge >= 0.3 is 5.97 Å². The molecule has 4 heteroatoms. The zero-order valence-corrected chi connectivity index (χ0v) is 10.1. The first-order chi connectivity index (χ1) is 8.58. The van der Waals surface area contributed by atoms with Crippen LogP contribution in [0.5, 0.6) is 0 Å². The van der Waals surface area contributed by atoms with E-state index in [1.165, 1.54) is 0 Å². The van der Waals surface area contributed by atoms with Gasteiger partial charge in [0.15, 0.2) is 5.69 Å². The number of rotatable bonds is 1. The van der Waals surface area contributed by atoms with Crippen molar-refractivity contribution in [1.29, 1.82) is 0 Å². The van der Waals surface area contributed by atoms with Crippen LogP contribution in [0.3, 0.4) is 0 Å². The normalized spacial score (nSPS) is 11.2. The summed E-state index contributed by atoms with van der Waals surface area (Å²) >= 11 is 0. The van der Waals surface area contributed by atoms with Gasteiger partial charge in [-0.05, 0) is 43.5 Å². The van der Waals surface area contributed by atoms with Gasteiger partial charge in [-0.2, -0.15) is 0 Å². The number of hydrogen-bond donors (Lipinski definition) is 1. The van der Waals surface area contributed by atoms with E-state index < -0.39 is 5.97 Å². The van der Waals surface area contributed by atoms with E-state index in [0.717, 1.165) is 16.5 Å². The van der Waals surface area contributed by atoms with Crippen LogP contribution in [0.1, 0.15) is 21.7 Å². The zero-order valence-electron chi connectivity index (χ0n) is 10.1. The maximum absolute atomic E-state index is 11.3. The Kier molecular flexibility index (Phi) is 2.13. The molecule has 3 rings (SSSR count). The van der Waals surface area contributed by atoms with Crippen LogP contribution in [-0.4, -0.2) is 20.5 Å². The fourth-order valence-corrected chi connectivity index (χ4v) is 2.33. The molecule has 0 aliphatic carbocycles. The van der Waals surface area contributed by atoms with Gasteiger partial charge in [0, 0.05) is 0 Å². The average Bonchev–Trinajstić information content (AvgIpc) is 2.65. The minimum absolute atomic E-state index is 0.236. The van der Waals surface area contributed by atoms with Crippen LogP contribution in [0, 0.1) is 13.8 Å². The van der Waals surface area contributed by atoms with Gasteiger partial charge < -0.3 is 5.11 Å². The molecule has 2 aromatic heterocycles. The Bertz CT molecular complexity index is 787. The number of nitrogens with zero attached hydrogens (tertiary/aromatic N) is 2. The summed E-state index contributed by atoms with van der Waals surface area (Å²) in [6.07, 6.45) is 0. The highest BCUT2D eigenvalue weighted by Gasteiger charge is 2.16. The third-order valence-electron chi connectivity index (χ3n) is 3.12. The first-order valence-corrected chi connectivity index (χ1v) is 5.69. The highest BCUT2D eigenvalue weighted by Crippen LogP contribution is 2.21. The molecule has 1 N–H and O–H groups in total. The van der Waals surface area contributed by atoms with Crippen LogP contribution in [0.4, 0.5) is 0 Å². The van der Waals surface area contributed by atoms with E-state index >= 15 is 0 Å². The number of hydrogen-bond acceptors (Lipinski definition) is 2. The van der Waals surface area contributed by atoms with Crippen molar-refractivity contribution in [3.8, 4) is 0 Å². The minimum Gasteiger partial charge on any atom is -0.477 e. The number of carboxylic acid groups (broad SMARTS) is 1. The van der Waals surface area contributed by atoms with E-state index in [-0.39, 0.29) is 5.69 Å². The molecule has 18 heavy (non-hydrogen) atoms. The Labute approximate surface area is 104 Å². The summed E-state index contributed by atoms with van der Waals surface area (Å²) in [6.45, 7) is 3.73. The molecule has 2 heterocycles. The molecular weight excluding hydrogens is 228 g/mol. The molecule has 90 valence electrons. The molecule has 1 aromatic carbocycles. The largest absolute Gasteiger partial charge is 0.477 e. The minimum atomic E-state index is -0.951. The van der Waals surface area contributed by atoms with Crippen LogP contribution in [0.25, 0.3) is 16.6 Å². The molecule has 0 atom stereocenters. The number of pyridine rings is 1. The molecule has 0 aliphatic heterocycles. The van der Waals surface area contributed by atoms with Crippen molar-refractivity contribution in [2.24, 2.45) is 0 Å².